The van der Waals surface area contributed by atoms with Crippen LogP contribution in [-0.4, -0.2) is 37.1 Å². The molecule has 0 radical (unpaired) electrons. The number of aryl methyl sites for hydroxylation is 1. The Bertz CT molecular complexity index is 503. The number of allylic oxidation sites excluding steroid dienone is 1. The van der Waals surface area contributed by atoms with Crippen LogP contribution in [0.4, 0.5) is 5.69 Å². The molecule has 1 aliphatic heterocycles. The normalized spacial score (nSPS) is 16.4. The monoisotopic (exact) mass is 328 g/mol. The molecule has 134 valence electrons. The second-order valence-electron chi connectivity index (χ2n) is 8.02. The number of likely N-dealkylation sites (tertiary alicyclic amines) is 1. The molecular weight excluding hydrogens is 292 g/mol. The molecule has 0 unspecified atom stereocenters. The van der Waals surface area contributed by atoms with Gasteiger partial charge in [0.05, 0.1) is 0 Å². The van der Waals surface area contributed by atoms with E-state index in [1.165, 1.54) is 55.7 Å². The minimum absolute atomic E-state index is 0.665. The summed E-state index contributed by atoms with van der Waals surface area (Å²) in [7, 11) is 0. The second-order valence-corrected chi connectivity index (χ2v) is 8.02. The first-order chi connectivity index (χ1) is 11.5. The average molecular weight is 329 g/mol. The van der Waals surface area contributed by atoms with Crippen molar-refractivity contribution in [2.45, 2.75) is 59.9 Å². The lowest BCUT2D eigenvalue weighted by Crippen LogP contribution is -2.45. The van der Waals surface area contributed by atoms with Crippen molar-refractivity contribution in [3.8, 4) is 0 Å². The van der Waals surface area contributed by atoms with E-state index in [0.717, 1.165) is 12.5 Å². The molecule has 0 aliphatic carbocycles. The van der Waals surface area contributed by atoms with Gasteiger partial charge in [-0.3, -0.25) is 0 Å². The third-order valence-corrected chi connectivity index (χ3v) is 5.08. The fourth-order valence-electron chi connectivity index (χ4n) is 3.38. The zero-order valence-electron chi connectivity index (χ0n) is 16.4. The van der Waals surface area contributed by atoms with Crippen molar-refractivity contribution < 1.29 is 0 Å². The van der Waals surface area contributed by atoms with Crippen molar-refractivity contribution in [2.24, 2.45) is 5.92 Å². The second kappa shape index (κ2) is 9.27. The smallest absolute Gasteiger partial charge is 0.0371 e. The molecule has 0 saturated carbocycles. The molecule has 2 heteroatoms. The van der Waals surface area contributed by atoms with Crippen LogP contribution in [0, 0.1) is 12.8 Å². The van der Waals surface area contributed by atoms with Crippen LogP contribution >= 0.6 is 0 Å². The van der Waals surface area contributed by atoms with Crippen molar-refractivity contribution in [3.63, 3.8) is 0 Å². The predicted octanol–water partition coefficient (Wildman–Crippen LogP) is 5.28. The van der Waals surface area contributed by atoms with Crippen LogP contribution in [0.3, 0.4) is 0 Å². The SMILES string of the molecule is CC(C)=CCN(c1ccc(C)cc1)C1CCN(CCC(C)C)CC1. The third-order valence-electron chi connectivity index (χ3n) is 5.08. The van der Waals surface area contributed by atoms with Gasteiger partial charge in [-0.25, -0.2) is 0 Å². The summed E-state index contributed by atoms with van der Waals surface area (Å²) in [4.78, 5) is 5.27. The minimum atomic E-state index is 0.665. The Morgan fingerprint density at radius 2 is 1.79 bits per heavy atom. The Balaban J connectivity index is 2.00. The van der Waals surface area contributed by atoms with Gasteiger partial charge in [-0.2, -0.15) is 0 Å². The number of anilines is 1. The summed E-state index contributed by atoms with van der Waals surface area (Å²) in [5.74, 6) is 0.810. The molecule has 1 heterocycles. The summed E-state index contributed by atoms with van der Waals surface area (Å²) in [5, 5.41) is 0. The van der Waals surface area contributed by atoms with Crippen LogP contribution in [0.5, 0.6) is 0 Å². The highest BCUT2D eigenvalue weighted by molar-refractivity contribution is 5.49. The van der Waals surface area contributed by atoms with Gasteiger partial charge >= 0.3 is 0 Å². The highest BCUT2D eigenvalue weighted by Crippen LogP contribution is 2.24. The van der Waals surface area contributed by atoms with Crippen molar-refractivity contribution in [3.05, 3.63) is 41.5 Å². The zero-order valence-corrected chi connectivity index (χ0v) is 16.4. The molecule has 1 aromatic rings. The van der Waals surface area contributed by atoms with Gasteiger partial charge in [-0.15, -0.1) is 0 Å². The molecular formula is C22H36N2. The first-order valence-corrected chi connectivity index (χ1v) is 9.64. The quantitative estimate of drug-likeness (QED) is 0.628. The Kier molecular flexibility index (Phi) is 7.36. The zero-order chi connectivity index (χ0) is 17.5. The molecule has 0 bridgehead atoms. The minimum Gasteiger partial charge on any atom is -0.365 e. The summed E-state index contributed by atoms with van der Waals surface area (Å²) >= 11 is 0. The van der Waals surface area contributed by atoms with E-state index in [-0.39, 0.29) is 0 Å². The lowest BCUT2D eigenvalue weighted by molar-refractivity contribution is 0.200. The van der Waals surface area contributed by atoms with Gasteiger partial charge in [0.25, 0.3) is 0 Å². The molecule has 24 heavy (non-hydrogen) atoms. The van der Waals surface area contributed by atoms with E-state index in [0.29, 0.717) is 6.04 Å². The molecule has 1 aliphatic rings. The molecule has 0 aromatic heterocycles. The molecule has 0 spiro atoms. The summed E-state index contributed by atoms with van der Waals surface area (Å²) in [6.07, 6.45) is 6.25. The van der Waals surface area contributed by atoms with Crippen LogP contribution in [0.1, 0.15) is 52.5 Å². The van der Waals surface area contributed by atoms with Crippen LogP contribution in [0.25, 0.3) is 0 Å². The van der Waals surface area contributed by atoms with Crippen LogP contribution < -0.4 is 4.90 Å². The average Bonchev–Trinajstić information content (AvgIpc) is 2.55. The van der Waals surface area contributed by atoms with E-state index in [9.17, 15) is 0 Å². The van der Waals surface area contributed by atoms with E-state index < -0.39 is 0 Å². The van der Waals surface area contributed by atoms with Crippen LogP contribution in [-0.2, 0) is 0 Å². The molecule has 1 saturated heterocycles. The fourth-order valence-corrected chi connectivity index (χ4v) is 3.38. The molecule has 1 fully saturated rings. The van der Waals surface area contributed by atoms with E-state index in [2.05, 4.69) is 74.8 Å². The van der Waals surface area contributed by atoms with Crippen LogP contribution in [0.15, 0.2) is 35.9 Å². The number of piperidine rings is 1. The Hall–Kier alpha value is -1.28. The highest BCUT2D eigenvalue weighted by Gasteiger charge is 2.24. The van der Waals surface area contributed by atoms with Crippen molar-refractivity contribution in [1.29, 1.82) is 0 Å². The predicted molar refractivity (Wildman–Crippen MR) is 107 cm³/mol. The Morgan fingerprint density at radius 1 is 1.17 bits per heavy atom. The molecule has 0 atom stereocenters. The fraction of sp³-hybridized carbons (Fsp3) is 0.636. The standard InChI is InChI=1S/C22H36N2/c1-18(2)10-14-23-15-12-22(13-16-23)24(17-11-19(3)4)21-8-6-20(5)7-9-21/h6-9,11,18,22H,10,12-17H2,1-5H3. The number of nitrogens with zero attached hydrogens (tertiary/aromatic N) is 2. The van der Waals surface area contributed by atoms with Gasteiger partial charge in [0, 0.05) is 31.4 Å². The molecule has 2 nitrogen and oxygen atoms in total. The molecule has 2 rings (SSSR count). The number of benzene rings is 1. The van der Waals surface area contributed by atoms with Crippen molar-refractivity contribution in [2.75, 3.05) is 31.1 Å². The highest BCUT2D eigenvalue weighted by atomic mass is 15.2. The summed E-state index contributed by atoms with van der Waals surface area (Å²) in [6, 6.07) is 9.72. The van der Waals surface area contributed by atoms with Gasteiger partial charge in [0.1, 0.15) is 0 Å². The lowest BCUT2D eigenvalue weighted by atomic mass is 10.0. The van der Waals surface area contributed by atoms with E-state index in [1.54, 1.807) is 0 Å². The first-order valence-electron chi connectivity index (χ1n) is 9.64. The van der Waals surface area contributed by atoms with E-state index >= 15 is 0 Å². The van der Waals surface area contributed by atoms with E-state index in [4.69, 9.17) is 0 Å². The molecule has 0 N–H and O–H groups in total. The summed E-state index contributed by atoms with van der Waals surface area (Å²) in [6.45, 7) is 16.0. The summed E-state index contributed by atoms with van der Waals surface area (Å²) < 4.78 is 0. The van der Waals surface area contributed by atoms with Gasteiger partial charge in [-0.05, 0) is 64.6 Å². The topological polar surface area (TPSA) is 6.48 Å². The van der Waals surface area contributed by atoms with Gasteiger partial charge in [-0.1, -0.05) is 43.2 Å². The van der Waals surface area contributed by atoms with Crippen LogP contribution in [0.2, 0.25) is 0 Å². The molecule has 1 aromatic carbocycles. The van der Waals surface area contributed by atoms with Gasteiger partial charge in [0.2, 0.25) is 0 Å². The maximum Gasteiger partial charge on any atom is 0.0371 e. The molecule has 0 amide bonds. The lowest BCUT2D eigenvalue weighted by Gasteiger charge is -2.39. The summed E-state index contributed by atoms with van der Waals surface area (Å²) in [5.41, 5.74) is 4.12. The largest absolute Gasteiger partial charge is 0.365 e. The number of hydrogen-bond acceptors (Lipinski definition) is 2. The van der Waals surface area contributed by atoms with E-state index in [1.807, 2.05) is 0 Å². The van der Waals surface area contributed by atoms with Gasteiger partial charge < -0.3 is 9.80 Å². The Labute approximate surface area is 149 Å². The number of hydrogen-bond donors (Lipinski definition) is 0. The maximum atomic E-state index is 2.66. The number of rotatable bonds is 7. The third kappa shape index (κ3) is 5.98. The first kappa shape index (κ1) is 19.1. The van der Waals surface area contributed by atoms with Crippen molar-refractivity contribution >= 4 is 5.69 Å². The van der Waals surface area contributed by atoms with Gasteiger partial charge in [0.15, 0.2) is 0 Å². The Morgan fingerprint density at radius 3 is 2.33 bits per heavy atom. The maximum absolute atomic E-state index is 2.66. The van der Waals surface area contributed by atoms with Crippen molar-refractivity contribution in [1.82, 2.24) is 4.90 Å².